The van der Waals surface area contributed by atoms with Gasteiger partial charge in [0.2, 0.25) is 0 Å². The molecule has 64 valence electrons. The number of carbonyl (C=O) groups is 1. The van der Waals surface area contributed by atoms with Crippen LogP contribution in [0.25, 0.3) is 0 Å². The van der Waals surface area contributed by atoms with Crippen molar-refractivity contribution in [2.45, 2.75) is 12.5 Å². The minimum atomic E-state index is -0.276. The molecule has 1 fully saturated rings. The maximum atomic E-state index is 11.2. The normalized spacial score (nSPS) is 24.7. The zero-order valence-electron chi connectivity index (χ0n) is 6.62. The van der Waals surface area contributed by atoms with E-state index in [1.807, 2.05) is 0 Å². The Morgan fingerprint density at radius 3 is 3.00 bits per heavy atom. The molecule has 1 aliphatic rings. The summed E-state index contributed by atoms with van der Waals surface area (Å²) in [7, 11) is 1.53. The average molecular weight is 159 g/mol. The lowest BCUT2D eigenvalue weighted by Gasteiger charge is -2.13. The quantitative estimate of drug-likeness (QED) is 0.588. The molecule has 0 unspecified atom stereocenters. The molecular formula is C7H13NO3. The third kappa shape index (κ3) is 1.70. The molecule has 1 atom stereocenters. The molecule has 0 aromatic rings. The van der Waals surface area contributed by atoms with Crippen LogP contribution < -0.4 is 0 Å². The van der Waals surface area contributed by atoms with Gasteiger partial charge in [-0.05, 0) is 0 Å². The van der Waals surface area contributed by atoms with Crippen molar-refractivity contribution in [1.82, 2.24) is 4.90 Å². The van der Waals surface area contributed by atoms with Gasteiger partial charge in [0.1, 0.15) is 6.10 Å². The van der Waals surface area contributed by atoms with Crippen LogP contribution in [0.1, 0.15) is 6.42 Å². The number of carbonyl (C=O) groups excluding carboxylic acids is 1. The number of ether oxygens (including phenoxy) is 1. The second-order valence-electron chi connectivity index (χ2n) is 2.56. The summed E-state index contributed by atoms with van der Waals surface area (Å²) in [4.78, 5) is 12.8. The summed E-state index contributed by atoms with van der Waals surface area (Å²) in [5.41, 5.74) is 0. The summed E-state index contributed by atoms with van der Waals surface area (Å²) in [6.45, 7) is 1.17. The van der Waals surface area contributed by atoms with E-state index in [4.69, 9.17) is 9.84 Å². The van der Waals surface area contributed by atoms with E-state index in [1.165, 1.54) is 7.11 Å². The van der Waals surface area contributed by atoms with Crippen LogP contribution in [0.2, 0.25) is 0 Å². The van der Waals surface area contributed by atoms with Crippen LogP contribution in [0, 0.1) is 0 Å². The molecule has 4 nitrogen and oxygen atoms in total. The third-order valence-corrected chi connectivity index (χ3v) is 1.90. The summed E-state index contributed by atoms with van der Waals surface area (Å²) in [6.07, 6.45) is 0.469. The number of aliphatic hydroxyl groups is 1. The Labute approximate surface area is 65.8 Å². The van der Waals surface area contributed by atoms with E-state index in [0.29, 0.717) is 13.1 Å². The third-order valence-electron chi connectivity index (χ3n) is 1.90. The number of hydrogen-bond acceptors (Lipinski definition) is 3. The average Bonchev–Trinajstić information content (AvgIpc) is 2.34. The largest absolute Gasteiger partial charge is 0.395 e. The van der Waals surface area contributed by atoms with Crippen LogP contribution in [0.3, 0.4) is 0 Å². The molecule has 11 heavy (non-hydrogen) atoms. The first-order chi connectivity index (χ1) is 5.29. The topological polar surface area (TPSA) is 49.8 Å². The zero-order chi connectivity index (χ0) is 8.27. The van der Waals surface area contributed by atoms with E-state index < -0.39 is 0 Å². The van der Waals surface area contributed by atoms with E-state index >= 15 is 0 Å². The number of likely N-dealkylation sites (tertiary alicyclic amines) is 1. The van der Waals surface area contributed by atoms with E-state index in [-0.39, 0.29) is 18.6 Å². The molecular weight excluding hydrogens is 146 g/mol. The highest BCUT2D eigenvalue weighted by Crippen LogP contribution is 2.12. The van der Waals surface area contributed by atoms with Gasteiger partial charge in [-0.25, -0.2) is 0 Å². The first-order valence-corrected chi connectivity index (χ1v) is 3.72. The second kappa shape index (κ2) is 3.69. The van der Waals surface area contributed by atoms with Gasteiger partial charge in [0.25, 0.3) is 5.91 Å². The Morgan fingerprint density at radius 2 is 2.55 bits per heavy atom. The van der Waals surface area contributed by atoms with Crippen LogP contribution in [0.15, 0.2) is 0 Å². The fourth-order valence-electron chi connectivity index (χ4n) is 1.27. The molecule has 0 aromatic heterocycles. The monoisotopic (exact) mass is 159 g/mol. The van der Waals surface area contributed by atoms with Gasteiger partial charge in [0.05, 0.1) is 6.61 Å². The first kappa shape index (κ1) is 8.49. The number of hydrogen-bond donors (Lipinski definition) is 1. The Hall–Kier alpha value is -0.610. The van der Waals surface area contributed by atoms with Crippen molar-refractivity contribution in [1.29, 1.82) is 0 Å². The van der Waals surface area contributed by atoms with Crippen LogP contribution in [0.5, 0.6) is 0 Å². The van der Waals surface area contributed by atoms with Gasteiger partial charge in [-0.15, -0.1) is 0 Å². The van der Waals surface area contributed by atoms with Gasteiger partial charge in [0.15, 0.2) is 0 Å². The predicted molar refractivity (Wildman–Crippen MR) is 39.1 cm³/mol. The molecule has 0 aromatic carbocycles. The molecule has 1 N–H and O–H groups in total. The Balaban J connectivity index is 2.42. The number of nitrogens with zero attached hydrogens (tertiary/aromatic N) is 1. The molecule has 4 heteroatoms. The SMILES string of the molecule is CO[C@H]1CCN(CCO)C1=O. The number of aliphatic hydroxyl groups excluding tert-OH is 1. The van der Waals surface area contributed by atoms with Gasteiger partial charge >= 0.3 is 0 Å². The molecule has 0 saturated carbocycles. The minimum Gasteiger partial charge on any atom is -0.395 e. The molecule has 1 aliphatic heterocycles. The molecule has 0 bridgehead atoms. The van der Waals surface area contributed by atoms with Crippen LogP contribution in [-0.4, -0.2) is 48.8 Å². The van der Waals surface area contributed by atoms with Crippen molar-refractivity contribution in [3.63, 3.8) is 0 Å². The lowest BCUT2D eigenvalue weighted by Crippen LogP contribution is -2.32. The van der Waals surface area contributed by atoms with E-state index in [9.17, 15) is 4.79 Å². The summed E-state index contributed by atoms with van der Waals surface area (Å²) >= 11 is 0. The van der Waals surface area contributed by atoms with E-state index in [1.54, 1.807) is 4.90 Å². The smallest absolute Gasteiger partial charge is 0.251 e. The highest BCUT2D eigenvalue weighted by molar-refractivity contribution is 5.82. The van der Waals surface area contributed by atoms with Crippen molar-refractivity contribution in [3.05, 3.63) is 0 Å². The lowest BCUT2D eigenvalue weighted by atomic mass is 10.3. The van der Waals surface area contributed by atoms with Gasteiger partial charge in [0, 0.05) is 26.6 Å². The summed E-state index contributed by atoms with van der Waals surface area (Å²) in [5, 5.41) is 8.57. The van der Waals surface area contributed by atoms with E-state index in [0.717, 1.165) is 6.42 Å². The lowest BCUT2D eigenvalue weighted by molar-refractivity contribution is -0.136. The van der Waals surface area contributed by atoms with Gasteiger partial charge < -0.3 is 14.7 Å². The fraction of sp³-hybridized carbons (Fsp3) is 0.857. The van der Waals surface area contributed by atoms with Crippen molar-refractivity contribution >= 4 is 5.91 Å². The Morgan fingerprint density at radius 1 is 1.82 bits per heavy atom. The predicted octanol–water partition coefficient (Wildman–Crippen LogP) is -0.774. The second-order valence-corrected chi connectivity index (χ2v) is 2.56. The molecule has 0 aliphatic carbocycles. The van der Waals surface area contributed by atoms with Gasteiger partial charge in [-0.2, -0.15) is 0 Å². The maximum absolute atomic E-state index is 11.2. The Bertz CT molecular complexity index is 149. The van der Waals surface area contributed by atoms with Gasteiger partial charge in [-0.1, -0.05) is 0 Å². The molecule has 1 rings (SSSR count). The van der Waals surface area contributed by atoms with Crippen molar-refractivity contribution < 1.29 is 14.6 Å². The number of β-amino-alcohol motifs (C(OH)–C–C–N with tert-alkyl or cyclic N) is 1. The van der Waals surface area contributed by atoms with Crippen molar-refractivity contribution in [3.8, 4) is 0 Å². The molecule has 1 saturated heterocycles. The zero-order valence-corrected chi connectivity index (χ0v) is 6.62. The first-order valence-electron chi connectivity index (χ1n) is 3.72. The van der Waals surface area contributed by atoms with Crippen molar-refractivity contribution in [2.24, 2.45) is 0 Å². The Kier molecular flexibility index (Phi) is 2.84. The molecule has 1 amide bonds. The number of rotatable bonds is 3. The van der Waals surface area contributed by atoms with Crippen LogP contribution in [-0.2, 0) is 9.53 Å². The summed E-state index contributed by atoms with van der Waals surface area (Å²) in [5.74, 6) is 0.00144. The summed E-state index contributed by atoms with van der Waals surface area (Å²) in [6, 6.07) is 0. The number of methoxy groups -OCH3 is 1. The highest BCUT2D eigenvalue weighted by atomic mass is 16.5. The highest BCUT2D eigenvalue weighted by Gasteiger charge is 2.30. The standard InChI is InChI=1S/C7H13NO3/c1-11-6-2-3-8(4-5-9)7(6)10/h6,9H,2-5H2,1H3/t6-/m0/s1. The fourth-order valence-corrected chi connectivity index (χ4v) is 1.27. The van der Waals surface area contributed by atoms with Crippen molar-refractivity contribution in [2.75, 3.05) is 26.8 Å². The van der Waals surface area contributed by atoms with Crippen LogP contribution in [0.4, 0.5) is 0 Å². The minimum absolute atomic E-state index is 0.00144. The van der Waals surface area contributed by atoms with Crippen LogP contribution >= 0.6 is 0 Å². The summed E-state index contributed by atoms with van der Waals surface area (Å²) < 4.78 is 4.93. The molecule has 0 radical (unpaired) electrons. The van der Waals surface area contributed by atoms with E-state index in [2.05, 4.69) is 0 Å². The molecule has 0 spiro atoms. The maximum Gasteiger partial charge on any atom is 0.251 e. The number of amides is 1. The van der Waals surface area contributed by atoms with Gasteiger partial charge in [-0.3, -0.25) is 4.79 Å². The molecule has 1 heterocycles.